The van der Waals surface area contributed by atoms with Gasteiger partial charge in [-0.15, -0.1) is 0 Å². The van der Waals surface area contributed by atoms with Gasteiger partial charge in [-0.05, 0) is 28.8 Å². The second kappa shape index (κ2) is 7.06. The minimum absolute atomic E-state index is 0.0910. The van der Waals surface area contributed by atoms with E-state index in [1.54, 1.807) is 0 Å². The Balaban J connectivity index is 1.68. The van der Waals surface area contributed by atoms with Crippen molar-refractivity contribution in [2.45, 2.75) is 13.0 Å². The second-order valence-electron chi connectivity index (χ2n) is 8.03. The molecule has 148 valence electrons. The molecule has 0 saturated heterocycles. The third-order valence-electron chi connectivity index (χ3n) is 6.02. The molecule has 0 bridgehead atoms. The van der Waals surface area contributed by atoms with Crippen LogP contribution in [0.3, 0.4) is 0 Å². The Morgan fingerprint density at radius 2 is 0.968 bits per heavy atom. The number of hydrogen-bond acceptors (Lipinski definition) is 2. The summed E-state index contributed by atoms with van der Waals surface area (Å²) >= 11 is 0. The van der Waals surface area contributed by atoms with Crippen molar-refractivity contribution in [3.05, 3.63) is 120 Å². The predicted octanol–water partition coefficient (Wildman–Crippen LogP) is 6.68. The topological polar surface area (TPSA) is 30.7 Å². The molecule has 0 aliphatic carbocycles. The van der Waals surface area contributed by atoms with Gasteiger partial charge in [0, 0.05) is 10.8 Å². The van der Waals surface area contributed by atoms with Crippen LogP contribution in [0.15, 0.2) is 103 Å². The summed E-state index contributed by atoms with van der Waals surface area (Å²) in [7, 11) is 0. The summed E-state index contributed by atoms with van der Waals surface area (Å²) in [6.07, 6.45) is 0. The SMILES string of the molecule is Cc1ccc(C(c2ccccc2)n2nc3c4ccccc4c4ccccc4c3n2)cc1. The van der Waals surface area contributed by atoms with E-state index < -0.39 is 0 Å². The van der Waals surface area contributed by atoms with Gasteiger partial charge in [0.25, 0.3) is 0 Å². The minimum atomic E-state index is -0.0910. The fourth-order valence-corrected chi connectivity index (χ4v) is 4.49. The molecule has 1 aromatic heterocycles. The van der Waals surface area contributed by atoms with Gasteiger partial charge in [0.1, 0.15) is 17.1 Å². The van der Waals surface area contributed by atoms with Crippen molar-refractivity contribution < 1.29 is 0 Å². The maximum atomic E-state index is 5.07. The van der Waals surface area contributed by atoms with Crippen LogP contribution in [0.25, 0.3) is 32.6 Å². The average molecular weight is 399 g/mol. The summed E-state index contributed by atoms with van der Waals surface area (Å²) in [5.41, 5.74) is 5.47. The van der Waals surface area contributed by atoms with Crippen LogP contribution < -0.4 is 0 Å². The standard InChI is InChI=1S/C28H21N3/c1-19-15-17-21(18-16-19)28(20-9-3-2-4-10-20)31-29-26-24-13-7-5-11-22(24)23-12-6-8-14-25(23)27(26)30-31/h2-18,28H,1H3. The van der Waals surface area contributed by atoms with Crippen molar-refractivity contribution in [3.63, 3.8) is 0 Å². The van der Waals surface area contributed by atoms with E-state index in [1.807, 2.05) is 10.9 Å². The zero-order chi connectivity index (χ0) is 20.8. The van der Waals surface area contributed by atoms with Crippen LogP contribution in [0.2, 0.25) is 0 Å². The molecule has 1 atom stereocenters. The summed E-state index contributed by atoms with van der Waals surface area (Å²) in [4.78, 5) is 1.89. The summed E-state index contributed by atoms with van der Waals surface area (Å²) < 4.78 is 0. The Morgan fingerprint density at radius 3 is 1.52 bits per heavy atom. The molecule has 31 heavy (non-hydrogen) atoms. The highest BCUT2D eigenvalue weighted by Gasteiger charge is 2.21. The number of rotatable bonds is 3. The first-order valence-corrected chi connectivity index (χ1v) is 10.6. The largest absolute Gasteiger partial charge is 0.171 e. The van der Waals surface area contributed by atoms with Crippen molar-refractivity contribution in [3.8, 4) is 0 Å². The summed E-state index contributed by atoms with van der Waals surface area (Å²) in [6, 6.07) is 36.0. The van der Waals surface area contributed by atoms with Gasteiger partial charge in [-0.25, -0.2) is 0 Å². The molecule has 1 unspecified atom stereocenters. The lowest BCUT2D eigenvalue weighted by Gasteiger charge is -2.17. The lowest BCUT2D eigenvalue weighted by atomic mass is 9.98. The Morgan fingerprint density at radius 1 is 0.516 bits per heavy atom. The molecule has 0 aliphatic heterocycles. The molecule has 0 saturated carbocycles. The highest BCUT2D eigenvalue weighted by Crippen LogP contribution is 2.34. The minimum Gasteiger partial charge on any atom is -0.171 e. The van der Waals surface area contributed by atoms with Crippen molar-refractivity contribution in [1.29, 1.82) is 0 Å². The Hall–Kier alpha value is -3.98. The molecule has 0 aliphatic rings. The smallest absolute Gasteiger partial charge is 0.122 e. The summed E-state index contributed by atoms with van der Waals surface area (Å²) in [5.74, 6) is 0. The van der Waals surface area contributed by atoms with Crippen LogP contribution in [0.1, 0.15) is 22.7 Å². The summed E-state index contributed by atoms with van der Waals surface area (Å²) in [6.45, 7) is 2.11. The number of fused-ring (bicyclic) bond motifs is 6. The molecule has 5 aromatic carbocycles. The molecule has 0 radical (unpaired) electrons. The summed E-state index contributed by atoms with van der Waals surface area (Å²) in [5, 5.41) is 14.8. The van der Waals surface area contributed by atoms with E-state index in [2.05, 4.69) is 104 Å². The van der Waals surface area contributed by atoms with E-state index in [4.69, 9.17) is 10.2 Å². The van der Waals surface area contributed by atoms with Crippen LogP contribution in [0.4, 0.5) is 0 Å². The lowest BCUT2D eigenvalue weighted by molar-refractivity contribution is 0.526. The van der Waals surface area contributed by atoms with E-state index in [9.17, 15) is 0 Å². The third-order valence-corrected chi connectivity index (χ3v) is 6.02. The monoisotopic (exact) mass is 399 g/mol. The fraction of sp³-hybridized carbons (Fsp3) is 0.0714. The van der Waals surface area contributed by atoms with E-state index in [0.717, 1.165) is 21.8 Å². The quantitative estimate of drug-likeness (QED) is 0.311. The first kappa shape index (κ1) is 17.8. The van der Waals surface area contributed by atoms with Crippen LogP contribution in [0, 0.1) is 6.92 Å². The first-order valence-electron chi connectivity index (χ1n) is 10.6. The lowest BCUT2D eigenvalue weighted by Crippen LogP contribution is -2.15. The van der Waals surface area contributed by atoms with Gasteiger partial charge in [0.05, 0.1) is 0 Å². The molecule has 1 heterocycles. The van der Waals surface area contributed by atoms with Gasteiger partial charge >= 0.3 is 0 Å². The fourth-order valence-electron chi connectivity index (χ4n) is 4.49. The predicted molar refractivity (Wildman–Crippen MR) is 127 cm³/mol. The van der Waals surface area contributed by atoms with Gasteiger partial charge in [-0.1, -0.05) is 109 Å². The highest BCUT2D eigenvalue weighted by atomic mass is 15.5. The molecular weight excluding hydrogens is 378 g/mol. The Kier molecular flexibility index (Phi) is 4.07. The van der Waals surface area contributed by atoms with Crippen molar-refractivity contribution >= 4 is 32.6 Å². The molecule has 6 rings (SSSR count). The molecule has 0 amide bonds. The molecule has 0 N–H and O–H groups in total. The molecule has 0 spiro atoms. The van der Waals surface area contributed by atoms with Crippen molar-refractivity contribution in [2.24, 2.45) is 0 Å². The number of benzene rings is 5. The Bertz CT molecular complexity index is 1460. The maximum Gasteiger partial charge on any atom is 0.122 e. The maximum absolute atomic E-state index is 5.07. The zero-order valence-electron chi connectivity index (χ0n) is 17.2. The number of aromatic nitrogens is 3. The van der Waals surface area contributed by atoms with Gasteiger partial charge < -0.3 is 0 Å². The molecule has 3 nitrogen and oxygen atoms in total. The van der Waals surface area contributed by atoms with Gasteiger partial charge in [0.15, 0.2) is 0 Å². The normalized spacial score (nSPS) is 12.5. The number of aryl methyl sites for hydroxylation is 1. The van der Waals surface area contributed by atoms with Crippen LogP contribution >= 0.6 is 0 Å². The molecular formula is C28H21N3. The van der Waals surface area contributed by atoms with Gasteiger partial charge in [0.2, 0.25) is 0 Å². The zero-order valence-corrected chi connectivity index (χ0v) is 17.2. The van der Waals surface area contributed by atoms with Crippen LogP contribution in [-0.4, -0.2) is 15.0 Å². The van der Waals surface area contributed by atoms with Crippen LogP contribution in [-0.2, 0) is 0 Å². The first-order chi connectivity index (χ1) is 15.3. The Labute approximate surface area is 180 Å². The average Bonchev–Trinajstić information content (AvgIpc) is 3.27. The van der Waals surface area contributed by atoms with Crippen molar-refractivity contribution in [2.75, 3.05) is 0 Å². The molecule has 6 aromatic rings. The van der Waals surface area contributed by atoms with Crippen LogP contribution in [0.5, 0.6) is 0 Å². The van der Waals surface area contributed by atoms with Crippen molar-refractivity contribution in [1.82, 2.24) is 15.0 Å². The highest BCUT2D eigenvalue weighted by molar-refractivity contribution is 6.22. The number of nitrogens with zero attached hydrogens (tertiary/aromatic N) is 3. The van der Waals surface area contributed by atoms with Gasteiger partial charge in [-0.2, -0.15) is 15.0 Å². The molecule has 3 heteroatoms. The third kappa shape index (κ3) is 2.89. The van der Waals surface area contributed by atoms with Gasteiger partial charge in [-0.3, -0.25) is 0 Å². The second-order valence-corrected chi connectivity index (χ2v) is 8.03. The van der Waals surface area contributed by atoms with E-state index in [1.165, 1.54) is 27.5 Å². The van der Waals surface area contributed by atoms with E-state index >= 15 is 0 Å². The van der Waals surface area contributed by atoms with E-state index in [-0.39, 0.29) is 6.04 Å². The number of hydrogen-bond donors (Lipinski definition) is 0. The molecule has 0 fully saturated rings. The van der Waals surface area contributed by atoms with E-state index in [0.29, 0.717) is 0 Å².